The summed E-state index contributed by atoms with van der Waals surface area (Å²) in [5.74, 6) is -0.0633. The Hall–Kier alpha value is -2.34. The second-order valence-corrected chi connectivity index (χ2v) is 9.05. The standard InChI is InChI=1S/C22H30N2O3S/c1-5-21(19-14-13-17(2)18(3)16-19)23-22(25)12-9-15-24(28(4,26)27)20-10-7-6-8-11-20/h6-8,10-11,13-14,16,21H,5,9,12,15H2,1-4H3,(H,23,25)/t21-/m0/s1. The molecule has 28 heavy (non-hydrogen) atoms. The molecule has 0 aromatic heterocycles. The topological polar surface area (TPSA) is 66.5 Å². The monoisotopic (exact) mass is 402 g/mol. The third kappa shape index (κ3) is 6.09. The van der Waals surface area contributed by atoms with Gasteiger partial charge in [-0.2, -0.15) is 0 Å². The lowest BCUT2D eigenvalue weighted by molar-refractivity contribution is -0.121. The Kier molecular flexibility index (Phi) is 7.63. The number of benzene rings is 2. The number of anilines is 1. The van der Waals surface area contributed by atoms with Gasteiger partial charge in [0.15, 0.2) is 0 Å². The molecule has 0 bridgehead atoms. The summed E-state index contributed by atoms with van der Waals surface area (Å²) in [4.78, 5) is 12.4. The minimum atomic E-state index is -3.39. The molecule has 0 spiro atoms. The van der Waals surface area contributed by atoms with E-state index in [9.17, 15) is 13.2 Å². The molecule has 0 heterocycles. The third-order valence-corrected chi connectivity index (χ3v) is 6.08. The zero-order valence-corrected chi connectivity index (χ0v) is 17.9. The molecule has 0 aliphatic heterocycles. The van der Waals surface area contributed by atoms with Crippen LogP contribution in [0, 0.1) is 13.8 Å². The van der Waals surface area contributed by atoms with Gasteiger partial charge >= 0.3 is 0 Å². The van der Waals surface area contributed by atoms with Crippen LogP contribution < -0.4 is 9.62 Å². The summed E-state index contributed by atoms with van der Waals surface area (Å²) in [6.45, 7) is 6.45. The number of carbonyl (C=O) groups excluding carboxylic acids is 1. The van der Waals surface area contributed by atoms with Crippen molar-refractivity contribution < 1.29 is 13.2 Å². The second kappa shape index (κ2) is 9.73. The van der Waals surface area contributed by atoms with E-state index in [-0.39, 0.29) is 24.9 Å². The van der Waals surface area contributed by atoms with E-state index >= 15 is 0 Å². The van der Waals surface area contributed by atoms with Gasteiger partial charge in [0.25, 0.3) is 0 Å². The third-order valence-electron chi connectivity index (χ3n) is 4.89. The lowest BCUT2D eigenvalue weighted by Crippen LogP contribution is -2.33. The Morgan fingerprint density at radius 1 is 1.07 bits per heavy atom. The minimum absolute atomic E-state index is 0.0352. The molecule has 1 atom stereocenters. The molecule has 0 saturated carbocycles. The first kappa shape index (κ1) is 22.0. The van der Waals surface area contributed by atoms with Crippen LogP contribution in [0.15, 0.2) is 48.5 Å². The zero-order chi connectivity index (χ0) is 20.7. The summed E-state index contributed by atoms with van der Waals surface area (Å²) >= 11 is 0. The molecular weight excluding hydrogens is 372 g/mol. The van der Waals surface area contributed by atoms with Gasteiger partial charge in [-0.1, -0.05) is 43.3 Å². The molecule has 0 radical (unpaired) electrons. The molecule has 152 valence electrons. The maximum Gasteiger partial charge on any atom is 0.232 e. The van der Waals surface area contributed by atoms with Gasteiger partial charge in [-0.05, 0) is 55.5 Å². The van der Waals surface area contributed by atoms with Gasteiger partial charge < -0.3 is 5.32 Å². The first-order valence-corrected chi connectivity index (χ1v) is 11.5. The van der Waals surface area contributed by atoms with Crippen molar-refractivity contribution in [3.05, 3.63) is 65.2 Å². The fourth-order valence-corrected chi connectivity index (χ4v) is 4.10. The summed E-state index contributed by atoms with van der Waals surface area (Å²) in [6, 6.07) is 15.2. The average molecular weight is 403 g/mol. The van der Waals surface area contributed by atoms with Crippen molar-refractivity contribution in [3.63, 3.8) is 0 Å². The predicted octanol–water partition coefficient (Wildman–Crippen LogP) is 4.12. The zero-order valence-electron chi connectivity index (χ0n) is 17.1. The molecule has 0 aliphatic rings. The molecule has 5 nitrogen and oxygen atoms in total. The number of hydrogen-bond donors (Lipinski definition) is 1. The van der Waals surface area contributed by atoms with Crippen molar-refractivity contribution in [1.82, 2.24) is 5.32 Å². The average Bonchev–Trinajstić information content (AvgIpc) is 2.65. The smallest absolute Gasteiger partial charge is 0.232 e. The van der Waals surface area contributed by atoms with E-state index < -0.39 is 10.0 Å². The molecule has 2 aromatic rings. The molecule has 1 amide bonds. The molecular formula is C22H30N2O3S. The Morgan fingerprint density at radius 3 is 2.32 bits per heavy atom. The predicted molar refractivity (Wildman–Crippen MR) is 115 cm³/mol. The van der Waals surface area contributed by atoms with Crippen LogP contribution in [0.3, 0.4) is 0 Å². The maximum absolute atomic E-state index is 12.4. The largest absolute Gasteiger partial charge is 0.349 e. The van der Waals surface area contributed by atoms with Crippen molar-refractivity contribution in [2.45, 2.75) is 46.1 Å². The highest BCUT2D eigenvalue weighted by atomic mass is 32.2. The highest BCUT2D eigenvalue weighted by Gasteiger charge is 2.18. The van der Waals surface area contributed by atoms with Gasteiger partial charge in [0.05, 0.1) is 18.0 Å². The van der Waals surface area contributed by atoms with Crippen LogP contribution in [-0.4, -0.2) is 27.1 Å². The van der Waals surface area contributed by atoms with E-state index in [0.717, 1.165) is 12.0 Å². The van der Waals surface area contributed by atoms with Gasteiger partial charge in [-0.3, -0.25) is 9.10 Å². The number of sulfonamides is 1. The van der Waals surface area contributed by atoms with Gasteiger partial charge in [0.1, 0.15) is 0 Å². The Morgan fingerprint density at radius 2 is 1.75 bits per heavy atom. The highest BCUT2D eigenvalue weighted by molar-refractivity contribution is 7.92. The number of aryl methyl sites for hydroxylation is 2. The Bertz CT molecular complexity index is 895. The molecule has 1 N–H and O–H groups in total. The molecule has 6 heteroatoms. The summed E-state index contributed by atoms with van der Waals surface area (Å²) < 4.78 is 25.6. The first-order chi connectivity index (χ1) is 13.2. The van der Waals surface area contributed by atoms with E-state index in [1.165, 1.54) is 21.7 Å². The van der Waals surface area contributed by atoms with Gasteiger partial charge in [0, 0.05) is 13.0 Å². The summed E-state index contributed by atoms with van der Waals surface area (Å²) in [5, 5.41) is 3.08. The molecule has 0 fully saturated rings. The normalized spacial score (nSPS) is 12.4. The minimum Gasteiger partial charge on any atom is -0.349 e. The van der Waals surface area contributed by atoms with Crippen LogP contribution in [0.2, 0.25) is 0 Å². The lowest BCUT2D eigenvalue weighted by atomic mass is 9.99. The number of para-hydroxylation sites is 1. The molecule has 2 aromatic carbocycles. The van der Waals surface area contributed by atoms with Gasteiger partial charge in [0.2, 0.25) is 15.9 Å². The van der Waals surface area contributed by atoms with Crippen molar-refractivity contribution in [3.8, 4) is 0 Å². The van der Waals surface area contributed by atoms with E-state index in [1.807, 2.05) is 13.0 Å². The number of nitrogens with zero attached hydrogens (tertiary/aromatic N) is 1. The molecule has 0 saturated heterocycles. The number of amides is 1. The maximum atomic E-state index is 12.4. The Balaban J connectivity index is 1.95. The summed E-state index contributed by atoms with van der Waals surface area (Å²) in [6.07, 6.45) is 2.72. The fourth-order valence-electron chi connectivity index (χ4n) is 3.13. The van der Waals surface area contributed by atoms with Crippen LogP contribution in [-0.2, 0) is 14.8 Å². The lowest BCUT2D eigenvalue weighted by Gasteiger charge is -2.23. The van der Waals surface area contributed by atoms with Crippen LogP contribution in [0.1, 0.15) is 48.9 Å². The number of carbonyl (C=O) groups is 1. The number of rotatable bonds is 9. The SMILES string of the molecule is CC[C@H](NC(=O)CCCN(c1ccccc1)S(C)(=O)=O)c1ccc(C)c(C)c1. The second-order valence-electron chi connectivity index (χ2n) is 7.15. The summed E-state index contributed by atoms with van der Waals surface area (Å²) in [7, 11) is -3.39. The van der Waals surface area contributed by atoms with Crippen molar-refractivity contribution in [2.75, 3.05) is 17.1 Å². The van der Waals surface area contributed by atoms with E-state index in [1.54, 1.807) is 24.3 Å². The van der Waals surface area contributed by atoms with Gasteiger partial charge in [-0.15, -0.1) is 0 Å². The molecule has 2 rings (SSSR count). The summed E-state index contributed by atoms with van der Waals surface area (Å²) in [5.41, 5.74) is 4.15. The molecule has 0 unspecified atom stereocenters. The van der Waals surface area contributed by atoms with E-state index in [0.29, 0.717) is 12.1 Å². The van der Waals surface area contributed by atoms with Crippen LogP contribution >= 0.6 is 0 Å². The van der Waals surface area contributed by atoms with Crippen molar-refractivity contribution >= 4 is 21.6 Å². The first-order valence-electron chi connectivity index (χ1n) is 9.61. The number of nitrogens with one attached hydrogen (secondary N) is 1. The van der Waals surface area contributed by atoms with Crippen LogP contribution in [0.4, 0.5) is 5.69 Å². The molecule has 0 aliphatic carbocycles. The Labute approximate surface area is 168 Å². The highest BCUT2D eigenvalue weighted by Crippen LogP contribution is 2.21. The fraction of sp³-hybridized carbons (Fsp3) is 0.409. The van der Waals surface area contributed by atoms with Crippen LogP contribution in [0.5, 0.6) is 0 Å². The van der Waals surface area contributed by atoms with Crippen molar-refractivity contribution in [2.24, 2.45) is 0 Å². The van der Waals surface area contributed by atoms with Crippen LogP contribution in [0.25, 0.3) is 0 Å². The number of hydrogen-bond acceptors (Lipinski definition) is 3. The van der Waals surface area contributed by atoms with E-state index in [2.05, 4.69) is 37.4 Å². The van der Waals surface area contributed by atoms with Crippen molar-refractivity contribution in [1.29, 1.82) is 0 Å². The van der Waals surface area contributed by atoms with Gasteiger partial charge in [-0.25, -0.2) is 8.42 Å². The van der Waals surface area contributed by atoms with E-state index in [4.69, 9.17) is 0 Å². The quantitative estimate of drug-likeness (QED) is 0.686.